The van der Waals surface area contributed by atoms with E-state index in [9.17, 15) is 9.59 Å². The number of amides is 1. The molecule has 3 heterocycles. The van der Waals surface area contributed by atoms with Crippen LogP contribution in [0, 0.1) is 6.92 Å². The molecule has 7 heteroatoms. The van der Waals surface area contributed by atoms with Gasteiger partial charge in [-0.05, 0) is 44.2 Å². The summed E-state index contributed by atoms with van der Waals surface area (Å²) in [4.78, 5) is 25.5. The Morgan fingerprint density at radius 2 is 2.08 bits per heavy atom. The molecule has 2 unspecified atom stereocenters. The molecule has 3 rings (SSSR count). The van der Waals surface area contributed by atoms with Crippen molar-refractivity contribution in [1.29, 1.82) is 0 Å². The van der Waals surface area contributed by atoms with Crippen molar-refractivity contribution in [2.75, 3.05) is 0 Å². The molecule has 0 aliphatic heterocycles. The number of hydrogen-bond acceptors (Lipinski definition) is 4. The van der Waals surface area contributed by atoms with Gasteiger partial charge in [0, 0.05) is 6.04 Å². The summed E-state index contributed by atoms with van der Waals surface area (Å²) < 4.78 is 4.25. The van der Waals surface area contributed by atoms with Gasteiger partial charge in [-0.15, -0.1) is 11.3 Å². The molecule has 0 aliphatic rings. The number of rotatable bonds is 5. The Labute approximate surface area is 144 Å². The van der Waals surface area contributed by atoms with Crippen LogP contribution in [0.25, 0.3) is 15.7 Å². The van der Waals surface area contributed by atoms with Crippen LogP contribution in [-0.2, 0) is 4.79 Å². The van der Waals surface area contributed by atoms with E-state index in [2.05, 4.69) is 10.4 Å². The molecule has 24 heavy (non-hydrogen) atoms. The monoisotopic (exact) mass is 346 g/mol. The van der Waals surface area contributed by atoms with Crippen molar-refractivity contribution in [3.63, 3.8) is 0 Å². The van der Waals surface area contributed by atoms with E-state index in [0.29, 0.717) is 17.8 Å². The molecule has 0 aromatic carbocycles. The van der Waals surface area contributed by atoms with Crippen molar-refractivity contribution in [1.82, 2.24) is 19.5 Å². The topological polar surface area (TPSA) is 68.4 Å². The van der Waals surface area contributed by atoms with Gasteiger partial charge in [0.2, 0.25) is 5.91 Å². The lowest BCUT2D eigenvalue weighted by Gasteiger charge is -2.20. The van der Waals surface area contributed by atoms with Gasteiger partial charge in [-0.2, -0.15) is 5.10 Å². The fourth-order valence-electron chi connectivity index (χ4n) is 2.92. The fraction of sp³-hybridized carbons (Fsp3) is 0.471. The van der Waals surface area contributed by atoms with Crippen molar-refractivity contribution in [3.05, 3.63) is 33.7 Å². The number of aryl methyl sites for hydroxylation is 1. The van der Waals surface area contributed by atoms with Gasteiger partial charge in [0.1, 0.15) is 17.4 Å². The lowest BCUT2D eigenvalue weighted by Crippen LogP contribution is -2.42. The summed E-state index contributed by atoms with van der Waals surface area (Å²) in [6.45, 7) is 7.72. The van der Waals surface area contributed by atoms with E-state index in [4.69, 9.17) is 0 Å². The minimum Gasteiger partial charge on any atom is -0.352 e. The van der Waals surface area contributed by atoms with Gasteiger partial charge < -0.3 is 5.32 Å². The van der Waals surface area contributed by atoms with Gasteiger partial charge in [-0.1, -0.05) is 13.8 Å². The third-order valence-corrected chi connectivity index (χ3v) is 5.26. The Balaban J connectivity index is 2.13. The summed E-state index contributed by atoms with van der Waals surface area (Å²) >= 11 is 1.59. The highest BCUT2D eigenvalue weighted by molar-refractivity contribution is 7.17. The number of nitrogens with one attached hydrogen (secondary N) is 1. The Morgan fingerprint density at radius 3 is 2.75 bits per heavy atom. The number of nitrogens with zero attached hydrogens (tertiary/aromatic N) is 3. The van der Waals surface area contributed by atoms with E-state index in [-0.39, 0.29) is 17.5 Å². The lowest BCUT2D eigenvalue weighted by atomic mass is 10.2. The van der Waals surface area contributed by atoms with Crippen LogP contribution >= 0.6 is 11.3 Å². The van der Waals surface area contributed by atoms with Crippen LogP contribution in [0.15, 0.2) is 22.3 Å². The summed E-state index contributed by atoms with van der Waals surface area (Å²) in [5, 5.41) is 9.39. The first-order chi connectivity index (χ1) is 11.5. The summed E-state index contributed by atoms with van der Waals surface area (Å²) in [5.74, 6) is 0.548. The summed E-state index contributed by atoms with van der Waals surface area (Å²) in [6, 6.07) is 3.35. The Kier molecular flexibility index (Phi) is 4.45. The van der Waals surface area contributed by atoms with Gasteiger partial charge in [-0.3, -0.25) is 14.0 Å². The second-order valence-corrected chi connectivity index (χ2v) is 7.02. The quantitative estimate of drug-likeness (QED) is 0.772. The first-order valence-corrected chi connectivity index (χ1v) is 9.14. The SMILES string of the molecule is CCC(C)NC(=O)C(CC)n1nc(C)n2c(cc3sccc32)c1=O. The van der Waals surface area contributed by atoms with Gasteiger partial charge in [-0.25, -0.2) is 4.68 Å². The molecule has 0 spiro atoms. The molecule has 2 atom stereocenters. The minimum absolute atomic E-state index is 0.0747. The third kappa shape index (κ3) is 2.62. The molecule has 6 nitrogen and oxygen atoms in total. The zero-order valence-electron chi connectivity index (χ0n) is 14.4. The third-order valence-electron chi connectivity index (χ3n) is 4.41. The average Bonchev–Trinajstić information content (AvgIpc) is 3.13. The second-order valence-electron chi connectivity index (χ2n) is 6.07. The summed E-state index contributed by atoms with van der Waals surface area (Å²) in [7, 11) is 0. The average molecular weight is 346 g/mol. The predicted molar refractivity (Wildman–Crippen MR) is 96.8 cm³/mol. The molecule has 0 saturated carbocycles. The van der Waals surface area contributed by atoms with E-state index in [1.165, 1.54) is 4.68 Å². The summed E-state index contributed by atoms with van der Waals surface area (Å²) in [6.07, 6.45) is 1.36. The highest BCUT2D eigenvalue weighted by Gasteiger charge is 2.24. The highest BCUT2D eigenvalue weighted by atomic mass is 32.1. The number of carbonyl (C=O) groups excluding carboxylic acids is 1. The van der Waals surface area contributed by atoms with Crippen LogP contribution in [0.3, 0.4) is 0 Å². The van der Waals surface area contributed by atoms with E-state index < -0.39 is 6.04 Å². The standard InChI is InChI=1S/C17H22N4O2S/c1-5-10(3)18-16(22)12(6-2)21-17(23)14-9-15-13(7-8-24-15)20(14)11(4)19-21/h7-10,12H,5-6H2,1-4H3,(H,18,22). The lowest BCUT2D eigenvalue weighted by molar-refractivity contribution is -0.125. The highest BCUT2D eigenvalue weighted by Crippen LogP contribution is 2.24. The molecule has 3 aromatic rings. The first-order valence-electron chi connectivity index (χ1n) is 8.26. The van der Waals surface area contributed by atoms with Gasteiger partial charge in [0.05, 0.1) is 10.2 Å². The molecule has 0 fully saturated rings. The molecule has 128 valence electrons. The molecular formula is C17H22N4O2S. The largest absolute Gasteiger partial charge is 0.352 e. The van der Waals surface area contributed by atoms with E-state index in [1.807, 2.05) is 49.6 Å². The van der Waals surface area contributed by atoms with E-state index >= 15 is 0 Å². The van der Waals surface area contributed by atoms with Crippen LogP contribution < -0.4 is 10.9 Å². The maximum Gasteiger partial charge on any atom is 0.291 e. The van der Waals surface area contributed by atoms with Crippen molar-refractivity contribution < 1.29 is 4.79 Å². The summed E-state index contributed by atoms with van der Waals surface area (Å²) in [5.41, 5.74) is 1.33. The van der Waals surface area contributed by atoms with Crippen LogP contribution in [0.2, 0.25) is 0 Å². The molecule has 1 N–H and O–H groups in total. The van der Waals surface area contributed by atoms with Gasteiger partial charge in [0.25, 0.3) is 5.56 Å². The second kappa shape index (κ2) is 6.39. The van der Waals surface area contributed by atoms with E-state index in [1.54, 1.807) is 11.3 Å². The molecule has 0 saturated heterocycles. The van der Waals surface area contributed by atoms with Crippen LogP contribution in [0.1, 0.15) is 45.5 Å². The Hall–Kier alpha value is -2.15. The zero-order chi connectivity index (χ0) is 17.4. The number of hydrogen-bond donors (Lipinski definition) is 1. The molecule has 3 aromatic heterocycles. The van der Waals surface area contributed by atoms with Crippen LogP contribution in [-0.4, -0.2) is 26.1 Å². The Morgan fingerprint density at radius 1 is 1.33 bits per heavy atom. The van der Waals surface area contributed by atoms with Crippen molar-refractivity contribution >= 4 is 33.0 Å². The van der Waals surface area contributed by atoms with Crippen molar-refractivity contribution in [2.24, 2.45) is 0 Å². The number of carbonyl (C=O) groups is 1. The van der Waals surface area contributed by atoms with Gasteiger partial charge in [0.15, 0.2) is 0 Å². The molecule has 0 bridgehead atoms. The number of aromatic nitrogens is 3. The van der Waals surface area contributed by atoms with Gasteiger partial charge >= 0.3 is 0 Å². The number of fused-ring (bicyclic) bond motifs is 3. The zero-order valence-corrected chi connectivity index (χ0v) is 15.2. The molecule has 0 radical (unpaired) electrons. The number of thiophene rings is 1. The maximum absolute atomic E-state index is 12.9. The molecule has 0 aliphatic carbocycles. The molecular weight excluding hydrogens is 324 g/mol. The van der Waals surface area contributed by atoms with Crippen LogP contribution in [0.4, 0.5) is 0 Å². The van der Waals surface area contributed by atoms with Crippen LogP contribution in [0.5, 0.6) is 0 Å². The van der Waals surface area contributed by atoms with E-state index in [0.717, 1.165) is 16.6 Å². The van der Waals surface area contributed by atoms with Crippen molar-refractivity contribution in [2.45, 2.75) is 52.6 Å². The fourth-order valence-corrected chi connectivity index (χ4v) is 3.72. The minimum atomic E-state index is -0.594. The van der Waals surface area contributed by atoms with Crippen molar-refractivity contribution in [3.8, 4) is 0 Å². The molecule has 1 amide bonds. The normalized spacial score (nSPS) is 14.2. The maximum atomic E-state index is 12.9. The Bertz CT molecular complexity index is 953. The first kappa shape index (κ1) is 16.7. The predicted octanol–water partition coefficient (Wildman–Crippen LogP) is 2.88. The smallest absolute Gasteiger partial charge is 0.291 e.